The number of morpholine rings is 1. The van der Waals surface area contributed by atoms with Gasteiger partial charge < -0.3 is 10.1 Å². The monoisotopic (exact) mass is 377 g/mol. The molecule has 5 nitrogen and oxygen atoms in total. The van der Waals surface area contributed by atoms with Gasteiger partial charge in [0.1, 0.15) is 11.6 Å². The van der Waals surface area contributed by atoms with Crippen molar-refractivity contribution in [2.75, 3.05) is 39.4 Å². The molecule has 0 bridgehead atoms. The minimum Gasteiger partial charge on any atom is -0.379 e. The maximum Gasteiger partial charge on any atom is 0.261 e. The van der Waals surface area contributed by atoms with Crippen molar-refractivity contribution >= 4 is 27.9 Å². The van der Waals surface area contributed by atoms with Gasteiger partial charge in [0.05, 0.1) is 13.2 Å². The Bertz CT molecular complexity index is 604. The standard InChI is InChI=1S/C17H20BrN3O2/c18-16-4-1-3-14(12-16)11-15(13-19)17(22)20-5-2-6-21-7-9-23-10-8-21/h1,3-4,11-12H,2,5-10H2,(H,20,22). The number of benzene rings is 1. The zero-order valence-electron chi connectivity index (χ0n) is 12.9. The van der Waals surface area contributed by atoms with E-state index in [0.29, 0.717) is 6.54 Å². The van der Waals surface area contributed by atoms with Crippen LogP contribution in [0, 0.1) is 11.3 Å². The number of rotatable bonds is 6. The lowest BCUT2D eigenvalue weighted by molar-refractivity contribution is -0.117. The Morgan fingerprint density at radius 3 is 2.91 bits per heavy atom. The quantitative estimate of drug-likeness (QED) is 0.468. The molecule has 0 atom stereocenters. The average molecular weight is 378 g/mol. The predicted octanol–water partition coefficient (Wildman–Crippen LogP) is 2.19. The number of nitrogens with one attached hydrogen (secondary N) is 1. The number of hydrogen-bond donors (Lipinski definition) is 1. The molecule has 1 N–H and O–H groups in total. The number of carbonyl (C=O) groups excluding carboxylic acids is 1. The molecule has 1 amide bonds. The number of halogens is 1. The number of carbonyl (C=O) groups is 1. The van der Waals surface area contributed by atoms with Crippen LogP contribution < -0.4 is 5.32 Å². The lowest BCUT2D eigenvalue weighted by Crippen LogP contribution is -2.38. The van der Waals surface area contributed by atoms with Crippen LogP contribution in [0.4, 0.5) is 0 Å². The van der Waals surface area contributed by atoms with E-state index in [1.165, 1.54) is 0 Å². The zero-order chi connectivity index (χ0) is 16.5. The van der Waals surface area contributed by atoms with Gasteiger partial charge in [-0.3, -0.25) is 9.69 Å². The fourth-order valence-electron chi connectivity index (χ4n) is 2.34. The number of ether oxygens (including phenoxy) is 1. The summed E-state index contributed by atoms with van der Waals surface area (Å²) in [6, 6.07) is 9.45. The molecule has 0 aromatic heterocycles. The highest BCUT2D eigenvalue weighted by Crippen LogP contribution is 2.14. The smallest absolute Gasteiger partial charge is 0.261 e. The van der Waals surface area contributed by atoms with Gasteiger partial charge >= 0.3 is 0 Å². The molecular weight excluding hydrogens is 358 g/mol. The third-order valence-corrected chi connectivity index (χ3v) is 4.06. The average Bonchev–Trinajstić information content (AvgIpc) is 2.57. The van der Waals surface area contributed by atoms with E-state index >= 15 is 0 Å². The molecule has 0 saturated carbocycles. The second kappa shape index (κ2) is 9.46. The van der Waals surface area contributed by atoms with Gasteiger partial charge in [-0.05, 0) is 36.7 Å². The Kier molecular flexibility index (Phi) is 7.27. The third-order valence-electron chi connectivity index (χ3n) is 3.57. The summed E-state index contributed by atoms with van der Waals surface area (Å²) in [5.41, 5.74) is 0.939. The number of hydrogen-bond acceptors (Lipinski definition) is 4. The SMILES string of the molecule is N#CC(=Cc1cccc(Br)c1)C(=O)NCCCN1CCOCC1. The Labute approximate surface area is 145 Å². The molecule has 1 aromatic rings. The van der Waals surface area contributed by atoms with Crippen molar-refractivity contribution in [2.45, 2.75) is 6.42 Å². The van der Waals surface area contributed by atoms with Crippen LogP contribution >= 0.6 is 15.9 Å². The largest absolute Gasteiger partial charge is 0.379 e. The summed E-state index contributed by atoms with van der Waals surface area (Å²) >= 11 is 3.37. The van der Waals surface area contributed by atoms with E-state index in [1.54, 1.807) is 6.08 Å². The van der Waals surface area contributed by atoms with Gasteiger partial charge in [0.15, 0.2) is 0 Å². The van der Waals surface area contributed by atoms with E-state index < -0.39 is 0 Å². The first-order valence-corrected chi connectivity index (χ1v) is 8.44. The van der Waals surface area contributed by atoms with E-state index in [4.69, 9.17) is 4.74 Å². The summed E-state index contributed by atoms with van der Waals surface area (Å²) in [4.78, 5) is 14.4. The van der Waals surface area contributed by atoms with Crippen LogP contribution in [0.25, 0.3) is 6.08 Å². The summed E-state index contributed by atoms with van der Waals surface area (Å²) in [5, 5.41) is 12.0. The molecule has 0 unspecified atom stereocenters. The fourth-order valence-corrected chi connectivity index (χ4v) is 2.75. The maximum absolute atomic E-state index is 12.1. The molecule has 23 heavy (non-hydrogen) atoms. The van der Waals surface area contributed by atoms with E-state index in [9.17, 15) is 10.1 Å². The summed E-state index contributed by atoms with van der Waals surface area (Å²) in [7, 11) is 0. The molecule has 0 spiro atoms. The van der Waals surface area contributed by atoms with Crippen LogP contribution in [-0.4, -0.2) is 50.2 Å². The van der Waals surface area contributed by atoms with Crippen molar-refractivity contribution in [3.05, 3.63) is 39.9 Å². The summed E-state index contributed by atoms with van der Waals surface area (Å²) in [5.74, 6) is -0.325. The van der Waals surface area contributed by atoms with Crippen molar-refractivity contribution < 1.29 is 9.53 Å². The van der Waals surface area contributed by atoms with E-state index in [-0.39, 0.29) is 11.5 Å². The lowest BCUT2D eigenvalue weighted by Gasteiger charge is -2.26. The fraction of sp³-hybridized carbons (Fsp3) is 0.412. The van der Waals surface area contributed by atoms with Crippen molar-refractivity contribution in [2.24, 2.45) is 0 Å². The molecule has 0 radical (unpaired) electrons. The van der Waals surface area contributed by atoms with Crippen molar-refractivity contribution in [1.29, 1.82) is 5.26 Å². The summed E-state index contributed by atoms with van der Waals surface area (Å²) < 4.78 is 6.21. The predicted molar refractivity (Wildman–Crippen MR) is 92.6 cm³/mol. The molecule has 1 fully saturated rings. The van der Waals surface area contributed by atoms with Crippen molar-refractivity contribution in [3.63, 3.8) is 0 Å². The Morgan fingerprint density at radius 2 is 2.22 bits per heavy atom. The van der Waals surface area contributed by atoms with Gasteiger partial charge in [0.2, 0.25) is 0 Å². The van der Waals surface area contributed by atoms with Gasteiger partial charge in [-0.2, -0.15) is 5.26 Å². The summed E-state index contributed by atoms with van der Waals surface area (Å²) in [6.07, 6.45) is 2.46. The minimum absolute atomic E-state index is 0.120. The Hall–Kier alpha value is -1.68. The minimum atomic E-state index is -0.325. The van der Waals surface area contributed by atoms with E-state index in [1.807, 2.05) is 30.3 Å². The molecule has 1 aliphatic rings. The van der Waals surface area contributed by atoms with Crippen LogP contribution in [0.3, 0.4) is 0 Å². The lowest BCUT2D eigenvalue weighted by atomic mass is 10.1. The highest BCUT2D eigenvalue weighted by atomic mass is 79.9. The second-order valence-corrected chi connectivity index (χ2v) is 6.20. The van der Waals surface area contributed by atoms with Crippen molar-refractivity contribution in [1.82, 2.24) is 10.2 Å². The first-order chi connectivity index (χ1) is 11.2. The Morgan fingerprint density at radius 1 is 1.43 bits per heavy atom. The number of nitrogens with zero attached hydrogens (tertiary/aromatic N) is 2. The van der Waals surface area contributed by atoms with Crippen LogP contribution in [0.2, 0.25) is 0 Å². The Balaban J connectivity index is 1.79. The topological polar surface area (TPSA) is 65.4 Å². The van der Waals surface area contributed by atoms with Crippen LogP contribution in [0.5, 0.6) is 0 Å². The molecule has 1 heterocycles. The van der Waals surface area contributed by atoms with Gasteiger partial charge in [-0.15, -0.1) is 0 Å². The van der Waals surface area contributed by atoms with Gasteiger partial charge in [0, 0.05) is 24.1 Å². The zero-order valence-corrected chi connectivity index (χ0v) is 14.5. The molecule has 2 rings (SSSR count). The highest BCUT2D eigenvalue weighted by Gasteiger charge is 2.11. The molecule has 6 heteroatoms. The molecule has 1 saturated heterocycles. The van der Waals surface area contributed by atoms with E-state index in [2.05, 4.69) is 26.1 Å². The normalized spacial score (nSPS) is 15.9. The number of amides is 1. The van der Waals surface area contributed by atoms with Crippen molar-refractivity contribution in [3.8, 4) is 6.07 Å². The van der Waals surface area contributed by atoms with Crippen LogP contribution in [0.15, 0.2) is 34.3 Å². The molecule has 0 aliphatic carbocycles. The van der Waals surface area contributed by atoms with Gasteiger partial charge in [-0.1, -0.05) is 28.1 Å². The van der Waals surface area contributed by atoms with Gasteiger partial charge in [0.25, 0.3) is 5.91 Å². The highest BCUT2D eigenvalue weighted by molar-refractivity contribution is 9.10. The summed E-state index contributed by atoms with van der Waals surface area (Å²) in [6.45, 7) is 4.94. The molecular formula is C17H20BrN3O2. The first-order valence-electron chi connectivity index (χ1n) is 7.65. The molecule has 122 valence electrons. The number of nitriles is 1. The van der Waals surface area contributed by atoms with Crippen LogP contribution in [-0.2, 0) is 9.53 Å². The maximum atomic E-state index is 12.1. The first kappa shape index (κ1) is 17.7. The molecule has 1 aliphatic heterocycles. The van der Waals surface area contributed by atoms with E-state index in [0.717, 1.165) is 49.3 Å². The molecule has 1 aromatic carbocycles. The van der Waals surface area contributed by atoms with Gasteiger partial charge in [-0.25, -0.2) is 0 Å². The second-order valence-electron chi connectivity index (χ2n) is 5.29. The van der Waals surface area contributed by atoms with Crippen LogP contribution in [0.1, 0.15) is 12.0 Å². The third kappa shape index (κ3) is 6.14.